The van der Waals surface area contributed by atoms with E-state index in [0.29, 0.717) is 0 Å². The average molecular weight is 339 g/mol. The van der Waals surface area contributed by atoms with E-state index in [1.807, 2.05) is 53.4 Å². The van der Waals surface area contributed by atoms with Crippen LogP contribution in [-0.2, 0) is 9.40 Å². The van der Waals surface area contributed by atoms with E-state index in [1.54, 1.807) is 0 Å². The van der Waals surface area contributed by atoms with Crippen molar-refractivity contribution in [3.8, 4) is 0 Å². The van der Waals surface area contributed by atoms with Crippen LogP contribution in [0.2, 0.25) is 0 Å². The standard InChI is InChI=1S/C20H22NO2P/c1-16(17-8-4-2-5-9-17)24(22,20-10-6-3-7-11-20)21-18-12-14-19(23-21)15-13-18/h2-12,14,16,18-19H,13,15H2,1H3. The van der Waals surface area contributed by atoms with Crippen molar-refractivity contribution in [3.63, 3.8) is 0 Å². The lowest BCUT2D eigenvalue weighted by atomic mass is 10.00. The molecule has 24 heavy (non-hydrogen) atoms. The summed E-state index contributed by atoms with van der Waals surface area (Å²) in [7, 11) is -2.94. The number of rotatable bonds is 4. The van der Waals surface area contributed by atoms with Crippen molar-refractivity contribution in [2.75, 3.05) is 0 Å². The summed E-state index contributed by atoms with van der Waals surface area (Å²) in [6.07, 6.45) is 6.32. The Labute approximate surface area is 143 Å². The van der Waals surface area contributed by atoms with Crippen LogP contribution < -0.4 is 5.30 Å². The van der Waals surface area contributed by atoms with Crippen LogP contribution in [0, 0.1) is 0 Å². The molecule has 124 valence electrons. The fourth-order valence-corrected chi connectivity index (χ4v) is 6.73. The molecule has 1 fully saturated rings. The summed E-state index contributed by atoms with van der Waals surface area (Å²) in [5.74, 6) is 0. The summed E-state index contributed by atoms with van der Waals surface area (Å²) in [6.45, 7) is 2.05. The second-order valence-corrected chi connectivity index (χ2v) is 9.45. The van der Waals surface area contributed by atoms with Gasteiger partial charge in [0.15, 0.2) is 0 Å². The molecule has 0 amide bonds. The second kappa shape index (κ2) is 6.33. The van der Waals surface area contributed by atoms with Gasteiger partial charge in [0.25, 0.3) is 0 Å². The largest absolute Gasteiger partial charge is 0.299 e. The molecule has 0 aromatic heterocycles. The predicted molar refractivity (Wildman–Crippen MR) is 97.4 cm³/mol. The van der Waals surface area contributed by atoms with Crippen LogP contribution >= 0.6 is 7.29 Å². The molecule has 1 aliphatic carbocycles. The zero-order chi connectivity index (χ0) is 16.6. The van der Waals surface area contributed by atoms with Crippen molar-refractivity contribution in [2.24, 2.45) is 0 Å². The number of nitrogens with zero attached hydrogens (tertiary/aromatic N) is 1. The zero-order valence-corrected chi connectivity index (χ0v) is 14.7. The highest BCUT2D eigenvalue weighted by Crippen LogP contribution is 2.63. The Kier molecular flexibility index (Phi) is 4.17. The molecule has 4 atom stereocenters. The van der Waals surface area contributed by atoms with E-state index < -0.39 is 7.29 Å². The van der Waals surface area contributed by atoms with Gasteiger partial charge in [-0.05, 0) is 25.3 Å². The molecule has 2 bridgehead atoms. The molecular formula is C20H22NO2P. The van der Waals surface area contributed by atoms with Gasteiger partial charge >= 0.3 is 0 Å². The van der Waals surface area contributed by atoms with Gasteiger partial charge in [-0.15, -0.1) is 4.83 Å². The van der Waals surface area contributed by atoms with E-state index in [1.165, 1.54) is 0 Å². The molecule has 2 aromatic rings. The molecule has 1 saturated heterocycles. The van der Waals surface area contributed by atoms with E-state index in [4.69, 9.17) is 4.84 Å². The van der Waals surface area contributed by atoms with E-state index in [0.717, 1.165) is 23.7 Å². The molecule has 4 heteroatoms. The molecule has 5 rings (SSSR count). The highest BCUT2D eigenvalue weighted by molar-refractivity contribution is 7.69. The maximum Gasteiger partial charge on any atom is 0.208 e. The normalized spacial score (nSPS) is 26.9. The van der Waals surface area contributed by atoms with Crippen molar-refractivity contribution in [1.29, 1.82) is 0 Å². The number of fused-ring (bicyclic) bond motifs is 2. The van der Waals surface area contributed by atoms with Crippen LogP contribution in [0.5, 0.6) is 0 Å². The summed E-state index contributed by atoms with van der Waals surface area (Å²) < 4.78 is 14.4. The second-order valence-electron chi connectivity index (χ2n) is 6.52. The lowest BCUT2D eigenvalue weighted by Gasteiger charge is -2.46. The minimum absolute atomic E-state index is 0.0509. The van der Waals surface area contributed by atoms with Crippen molar-refractivity contribution in [1.82, 2.24) is 4.83 Å². The quantitative estimate of drug-likeness (QED) is 0.598. The molecule has 4 unspecified atom stereocenters. The third-order valence-electron chi connectivity index (χ3n) is 5.05. The van der Waals surface area contributed by atoms with Gasteiger partial charge in [0, 0.05) is 5.30 Å². The molecule has 0 radical (unpaired) electrons. The van der Waals surface area contributed by atoms with E-state index in [2.05, 4.69) is 31.2 Å². The maximum absolute atomic E-state index is 14.4. The summed E-state index contributed by atoms with van der Waals surface area (Å²) in [5, 5.41) is 0.863. The Balaban J connectivity index is 1.82. The maximum atomic E-state index is 14.4. The first kappa shape index (κ1) is 15.8. The number of hydrogen-bond acceptors (Lipinski definition) is 2. The smallest absolute Gasteiger partial charge is 0.208 e. The van der Waals surface area contributed by atoms with Gasteiger partial charge in [-0.1, -0.05) is 72.8 Å². The lowest BCUT2D eigenvalue weighted by molar-refractivity contribution is -0.171. The van der Waals surface area contributed by atoms with E-state index in [-0.39, 0.29) is 17.8 Å². The van der Waals surface area contributed by atoms with E-state index >= 15 is 0 Å². The van der Waals surface area contributed by atoms with Gasteiger partial charge in [-0.25, -0.2) is 0 Å². The highest BCUT2D eigenvalue weighted by atomic mass is 31.2. The summed E-state index contributed by atoms with van der Waals surface area (Å²) in [5.41, 5.74) is 0.951. The van der Waals surface area contributed by atoms with Crippen LogP contribution in [0.15, 0.2) is 72.8 Å². The minimum atomic E-state index is -2.94. The first-order chi connectivity index (χ1) is 11.7. The summed E-state index contributed by atoms with van der Waals surface area (Å²) >= 11 is 0. The molecule has 0 spiro atoms. The fraction of sp³-hybridized carbons (Fsp3) is 0.300. The molecule has 3 aliphatic rings. The van der Waals surface area contributed by atoms with E-state index in [9.17, 15) is 4.57 Å². The van der Waals surface area contributed by atoms with Crippen molar-refractivity contribution < 1.29 is 9.40 Å². The summed E-state index contributed by atoms with van der Waals surface area (Å²) in [4.78, 5) is 7.96. The fourth-order valence-electron chi connectivity index (χ4n) is 3.64. The first-order valence-electron chi connectivity index (χ1n) is 8.54. The van der Waals surface area contributed by atoms with Gasteiger partial charge in [-0.2, -0.15) is 0 Å². The Morgan fingerprint density at radius 2 is 1.67 bits per heavy atom. The molecule has 2 aliphatic heterocycles. The van der Waals surface area contributed by atoms with Gasteiger partial charge < -0.3 is 0 Å². The summed E-state index contributed by atoms with van der Waals surface area (Å²) in [6, 6.07) is 20.0. The highest BCUT2D eigenvalue weighted by Gasteiger charge is 2.47. The molecule has 2 aromatic carbocycles. The molecular weight excluding hydrogens is 317 g/mol. The van der Waals surface area contributed by atoms with Crippen LogP contribution in [0.25, 0.3) is 0 Å². The Morgan fingerprint density at radius 1 is 1.00 bits per heavy atom. The van der Waals surface area contributed by atoms with Gasteiger partial charge in [0.05, 0.1) is 17.8 Å². The third-order valence-corrected chi connectivity index (χ3v) is 8.41. The van der Waals surface area contributed by atoms with Crippen LogP contribution in [0.4, 0.5) is 0 Å². The van der Waals surface area contributed by atoms with Crippen LogP contribution in [0.1, 0.15) is 31.0 Å². The Morgan fingerprint density at radius 3 is 2.21 bits per heavy atom. The molecule has 0 N–H and O–H groups in total. The molecule has 0 saturated carbocycles. The monoisotopic (exact) mass is 339 g/mol. The van der Waals surface area contributed by atoms with Crippen molar-refractivity contribution in [2.45, 2.75) is 37.6 Å². The molecule has 2 heterocycles. The van der Waals surface area contributed by atoms with Crippen molar-refractivity contribution in [3.05, 3.63) is 78.4 Å². The molecule has 3 nitrogen and oxygen atoms in total. The predicted octanol–water partition coefficient (Wildman–Crippen LogP) is 4.69. The van der Waals surface area contributed by atoms with Gasteiger partial charge in [0.1, 0.15) is 0 Å². The first-order valence-corrected chi connectivity index (χ1v) is 10.3. The van der Waals surface area contributed by atoms with Crippen LogP contribution in [0.3, 0.4) is 0 Å². The SMILES string of the molecule is CC(c1ccccc1)P(=O)(c1ccccc1)N1OC2C=CC1CC2. The third kappa shape index (κ3) is 2.57. The topological polar surface area (TPSA) is 29.5 Å². The average Bonchev–Trinajstić information content (AvgIpc) is 2.69. The minimum Gasteiger partial charge on any atom is -0.299 e. The zero-order valence-electron chi connectivity index (χ0n) is 13.8. The number of hydroxylamine groups is 1. The number of hydrogen-bond donors (Lipinski definition) is 0. The van der Waals surface area contributed by atoms with Crippen LogP contribution in [-0.4, -0.2) is 17.0 Å². The Bertz CT molecular complexity index is 775. The Hall–Kier alpha value is -1.67. The van der Waals surface area contributed by atoms with Crippen molar-refractivity contribution >= 4 is 12.6 Å². The van der Waals surface area contributed by atoms with Gasteiger partial charge in [-0.3, -0.25) is 9.40 Å². The van der Waals surface area contributed by atoms with Gasteiger partial charge in [0.2, 0.25) is 7.29 Å². The number of benzene rings is 2. The lowest BCUT2D eigenvalue weighted by Crippen LogP contribution is -2.45.